The molecule has 220 valence electrons. The van der Waals surface area contributed by atoms with E-state index in [4.69, 9.17) is 5.73 Å². The molecular weight excluding hydrogens is 436 g/mol. The van der Waals surface area contributed by atoms with E-state index in [9.17, 15) is 0 Å². The molecular formula is C34H74N2. The van der Waals surface area contributed by atoms with Gasteiger partial charge in [0.05, 0.1) is 0 Å². The van der Waals surface area contributed by atoms with Gasteiger partial charge in [0.2, 0.25) is 0 Å². The minimum Gasteiger partial charge on any atom is -0.331 e. The molecule has 2 nitrogen and oxygen atoms in total. The zero-order valence-electron chi connectivity index (χ0n) is 26.0. The number of nitrogens with one attached hydrogen (secondary N) is 1. The molecule has 0 bridgehead atoms. The lowest BCUT2D eigenvalue weighted by Gasteiger charge is -2.06. The van der Waals surface area contributed by atoms with Gasteiger partial charge in [-0.05, 0) is 32.5 Å². The van der Waals surface area contributed by atoms with E-state index < -0.39 is 0 Å². The Morgan fingerprint density at radius 3 is 0.667 bits per heavy atom. The largest absolute Gasteiger partial charge is 0.331 e. The Morgan fingerprint density at radius 2 is 0.472 bits per heavy atom. The zero-order valence-corrected chi connectivity index (χ0v) is 26.0. The van der Waals surface area contributed by atoms with E-state index in [0.29, 0.717) is 0 Å². The van der Waals surface area contributed by atoms with E-state index in [1.165, 1.54) is 193 Å². The molecule has 0 amide bonds. The first kappa shape index (κ1) is 38.1. The van der Waals surface area contributed by atoms with Crippen molar-refractivity contribution in [1.82, 2.24) is 5.32 Å². The van der Waals surface area contributed by atoms with Crippen LogP contribution in [0, 0.1) is 0 Å². The minimum absolute atomic E-state index is 0.750. The van der Waals surface area contributed by atoms with Crippen LogP contribution < -0.4 is 11.1 Å². The Balaban J connectivity index is 0. The van der Waals surface area contributed by atoms with Crippen molar-refractivity contribution in [3.05, 3.63) is 0 Å². The Bertz CT molecular complexity index is 301. The summed E-state index contributed by atoms with van der Waals surface area (Å²) in [6.45, 7) is 9.75. The number of hydrogen-bond acceptors (Lipinski definition) is 2. The fourth-order valence-corrected chi connectivity index (χ4v) is 5.01. The average molecular weight is 511 g/mol. The molecule has 0 heterocycles. The number of rotatable bonds is 30. The summed E-state index contributed by atoms with van der Waals surface area (Å²) in [4.78, 5) is 0. The van der Waals surface area contributed by atoms with Crippen LogP contribution in [0.25, 0.3) is 0 Å². The van der Waals surface area contributed by atoms with Crippen molar-refractivity contribution in [2.75, 3.05) is 19.6 Å². The lowest BCUT2D eigenvalue weighted by atomic mass is 10.0. The molecule has 0 saturated carbocycles. The van der Waals surface area contributed by atoms with Crippen molar-refractivity contribution in [1.29, 1.82) is 0 Å². The fourth-order valence-electron chi connectivity index (χ4n) is 5.01. The Labute approximate surface area is 231 Å². The maximum absolute atomic E-state index is 4.85. The molecule has 0 fully saturated rings. The van der Waals surface area contributed by atoms with Crippen LogP contribution in [-0.2, 0) is 0 Å². The van der Waals surface area contributed by atoms with E-state index >= 15 is 0 Å². The van der Waals surface area contributed by atoms with E-state index in [2.05, 4.69) is 19.2 Å². The Kier molecular flexibility index (Phi) is 41.7. The van der Waals surface area contributed by atoms with Gasteiger partial charge < -0.3 is 11.1 Å². The second kappa shape index (κ2) is 39.4. The number of nitrogens with two attached hydrogens (primary N) is 1. The molecule has 3 N–H and O–H groups in total. The number of hydrogen-bond donors (Lipinski definition) is 2. The van der Waals surface area contributed by atoms with E-state index in [1.807, 2.05) is 6.92 Å². The molecule has 2 heteroatoms. The van der Waals surface area contributed by atoms with E-state index in [1.54, 1.807) is 0 Å². The smallest absolute Gasteiger partial charge is 0.00489 e. The van der Waals surface area contributed by atoms with Gasteiger partial charge in [-0.15, -0.1) is 0 Å². The van der Waals surface area contributed by atoms with E-state index in [0.717, 1.165) is 6.54 Å². The summed E-state index contributed by atoms with van der Waals surface area (Å²) in [5, 5.41) is 3.67. The quantitative estimate of drug-likeness (QED) is 0.0942. The summed E-state index contributed by atoms with van der Waals surface area (Å²) in [5.41, 5.74) is 4.85. The second-order valence-electron chi connectivity index (χ2n) is 11.4. The van der Waals surface area contributed by atoms with Gasteiger partial charge in [-0.3, -0.25) is 0 Å². The van der Waals surface area contributed by atoms with Crippen LogP contribution in [0.4, 0.5) is 0 Å². The molecule has 0 aliphatic carbocycles. The second-order valence-corrected chi connectivity index (χ2v) is 11.4. The van der Waals surface area contributed by atoms with Crippen LogP contribution in [0.5, 0.6) is 0 Å². The summed E-state index contributed by atoms with van der Waals surface area (Å²) >= 11 is 0. The van der Waals surface area contributed by atoms with Crippen molar-refractivity contribution in [2.45, 2.75) is 201 Å². The van der Waals surface area contributed by atoms with Gasteiger partial charge in [-0.2, -0.15) is 0 Å². The van der Waals surface area contributed by atoms with Crippen LogP contribution >= 0.6 is 0 Å². The topological polar surface area (TPSA) is 38.0 Å². The average Bonchev–Trinajstić information content (AvgIpc) is 2.88. The summed E-state index contributed by atoms with van der Waals surface area (Å²) in [5.74, 6) is 0. The summed E-state index contributed by atoms with van der Waals surface area (Å²) in [6.07, 6.45) is 40.7. The van der Waals surface area contributed by atoms with Crippen molar-refractivity contribution < 1.29 is 0 Å². The van der Waals surface area contributed by atoms with Gasteiger partial charge in [-0.1, -0.05) is 188 Å². The maximum Gasteiger partial charge on any atom is -0.00489 e. The number of unbranched alkanes of at least 4 members (excludes halogenated alkanes) is 26. The normalized spacial score (nSPS) is 11.0. The predicted octanol–water partition coefficient (Wildman–Crippen LogP) is 11.5. The predicted molar refractivity (Wildman–Crippen MR) is 168 cm³/mol. The van der Waals surface area contributed by atoms with E-state index in [-0.39, 0.29) is 0 Å². The third-order valence-corrected chi connectivity index (χ3v) is 7.41. The van der Waals surface area contributed by atoms with Crippen LogP contribution in [0.3, 0.4) is 0 Å². The first-order valence-electron chi connectivity index (χ1n) is 17.2. The SMILES string of the molecule is CCCCCCCCCCCCCCCCNCCCCCCCCCCCCCCCC.CCN. The van der Waals surface area contributed by atoms with Crippen LogP contribution in [0.2, 0.25) is 0 Å². The lowest BCUT2D eigenvalue weighted by Crippen LogP contribution is -2.16. The Morgan fingerprint density at radius 1 is 0.306 bits per heavy atom. The van der Waals surface area contributed by atoms with Crippen LogP contribution in [0.1, 0.15) is 201 Å². The van der Waals surface area contributed by atoms with Crippen LogP contribution in [0.15, 0.2) is 0 Å². The summed E-state index contributed by atoms with van der Waals surface area (Å²) in [6, 6.07) is 0. The van der Waals surface area contributed by atoms with Crippen molar-refractivity contribution in [3.8, 4) is 0 Å². The first-order chi connectivity index (χ1) is 17.8. The van der Waals surface area contributed by atoms with Crippen molar-refractivity contribution in [2.24, 2.45) is 5.73 Å². The third kappa shape index (κ3) is 41.1. The highest BCUT2D eigenvalue weighted by molar-refractivity contribution is 4.53. The van der Waals surface area contributed by atoms with Gasteiger partial charge in [0, 0.05) is 0 Å². The molecule has 0 aliphatic heterocycles. The third-order valence-electron chi connectivity index (χ3n) is 7.41. The Hall–Kier alpha value is -0.0800. The molecule has 0 saturated heterocycles. The van der Waals surface area contributed by atoms with Gasteiger partial charge in [0.15, 0.2) is 0 Å². The minimum atomic E-state index is 0.750. The standard InChI is InChI=1S/C32H67N.C2H7N/c1-3-5-7-9-11-13-15-17-19-21-23-25-27-29-31-33-32-30-28-26-24-22-20-18-16-14-12-10-8-6-4-2;1-2-3/h33H,3-32H2,1-2H3;2-3H2,1H3. The molecule has 0 aliphatic rings. The van der Waals surface area contributed by atoms with Gasteiger partial charge in [-0.25, -0.2) is 0 Å². The van der Waals surface area contributed by atoms with Gasteiger partial charge in [0.1, 0.15) is 0 Å². The lowest BCUT2D eigenvalue weighted by molar-refractivity contribution is 0.518. The molecule has 0 radical (unpaired) electrons. The first-order valence-corrected chi connectivity index (χ1v) is 17.2. The van der Waals surface area contributed by atoms with Gasteiger partial charge in [0.25, 0.3) is 0 Å². The highest BCUT2D eigenvalue weighted by atomic mass is 14.8. The fraction of sp³-hybridized carbons (Fsp3) is 1.00. The zero-order chi connectivity index (χ0) is 26.6. The molecule has 36 heavy (non-hydrogen) atoms. The molecule has 0 unspecified atom stereocenters. The molecule has 0 spiro atoms. The van der Waals surface area contributed by atoms with Gasteiger partial charge >= 0.3 is 0 Å². The molecule has 0 atom stereocenters. The van der Waals surface area contributed by atoms with Crippen molar-refractivity contribution in [3.63, 3.8) is 0 Å². The molecule has 0 aromatic carbocycles. The molecule has 0 rings (SSSR count). The van der Waals surface area contributed by atoms with Crippen LogP contribution in [-0.4, -0.2) is 19.6 Å². The summed E-state index contributed by atoms with van der Waals surface area (Å²) < 4.78 is 0. The maximum atomic E-state index is 4.85. The summed E-state index contributed by atoms with van der Waals surface area (Å²) in [7, 11) is 0. The van der Waals surface area contributed by atoms with Crippen molar-refractivity contribution >= 4 is 0 Å². The molecule has 0 aromatic heterocycles. The highest BCUT2D eigenvalue weighted by Crippen LogP contribution is 2.14. The highest BCUT2D eigenvalue weighted by Gasteiger charge is 1.96. The monoisotopic (exact) mass is 511 g/mol. The molecule has 0 aromatic rings.